The van der Waals surface area contributed by atoms with Gasteiger partial charge in [-0.3, -0.25) is 0 Å². The first kappa shape index (κ1) is 24.4. The number of aromatic nitrogens is 3. The highest BCUT2D eigenvalue weighted by Crippen LogP contribution is 2.24. The van der Waals surface area contributed by atoms with Crippen LogP contribution in [0.4, 0.5) is 4.79 Å². The number of rotatable bonds is 10. The van der Waals surface area contributed by atoms with Crippen LogP contribution in [-0.2, 0) is 16.1 Å². The number of nitrogens with zero attached hydrogens (tertiary/aromatic N) is 3. The molecule has 0 aliphatic carbocycles. The van der Waals surface area contributed by atoms with Gasteiger partial charge in [0, 0.05) is 11.4 Å². The molecule has 2 aromatic rings. The van der Waals surface area contributed by atoms with Crippen LogP contribution in [0.1, 0.15) is 51.4 Å². The number of hydrogen-bond donors (Lipinski definition) is 3. The smallest absolute Gasteiger partial charge is 0.337 e. The summed E-state index contributed by atoms with van der Waals surface area (Å²) in [5, 5.41) is 14.1. The lowest BCUT2D eigenvalue weighted by molar-refractivity contribution is -0.139. The van der Waals surface area contributed by atoms with Gasteiger partial charge >= 0.3 is 12.0 Å². The molecule has 4 N–H and O–H groups in total. The van der Waals surface area contributed by atoms with Crippen LogP contribution in [0.2, 0.25) is 0 Å². The van der Waals surface area contributed by atoms with Crippen molar-refractivity contribution < 1.29 is 19.1 Å². The number of nitrogens with two attached hydrogens (primary N) is 1. The molecule has 2 amide bonds. The maximum Gasteiger partial charge on any atom is 0.337 e. The molecule has 0 saturated carbocycles. The summed E-state index contributed by atoms with van der Waals surface area (Å²) in [6.45, 7) is 8.29. The predicted molar refractivity (Wildman–Crippen MR) is 125 cm³/mol. The molecule has 33 heavy (non-hydrogen) atoms. The lowest BCUT2D eigenvalue weighted by Crippen LogP contribution is -2.50. The third-order valence-corrected chi connectivity index (χ3v) is 6.11. The summed E-state index contributed by atoms with van der Waals surface area (Å²) >= 11 is 1.26. The average molecular weight is 475 g/mol. The van der Waals surface area contributed by atoms with Crippen molar-refractivity contribution in [3.05, 3.63) is 46.9 Å². The summed E-state index contributed by atoms with van der Waals surface area (Å²) in [7, 11) is 0. The number of carbonyl (C=O) groups excluding carboxylic acids is 2. The van der Waals surface area contributed by atoms with Crippen LogP contribution in [0.25, 0.3) is 0 Å². The molecule has 1 atom stereocenters. The number of nitrogens with one attached hydrogen (secondary N) is 2. The second-order valence-electron chi connectivity index (χ2n) is 7.74. The minimum absolute atomic E-state index is 0.153. The van der Waals surface area contributed by atoms with Gasteiger partial charge in [-0.05, 0) is 37.0 Å². The average Bonchev–Trinajstić information content (AvgIpc) is 3.15. The maximum absolute atomic E-state index is 12.5. The largest absolute Gasteiger partial charge is 0.486 e. The Morgan fingerprint density at radius 2 is 1.97 bits per heavy atom. The number of carbonyl (C=O) groups is 2. The zero-order valence-corrected chi connectivity index (χ0v) is 20.1. The van der Waals surface area contributed by atoms with Gasteiger partial charge in [-0.25, -0.2) is 14.3 Å². The van der Waals surface area contributed by atoms with Gasteiger partial charge in [0.2, 0.25) is 5.16 Å². The summed E-state index contributed by atoms with van der Waals surface area (Å²) in [4.78, 5) is 24.5. The molecule has 178 valence electrons. The predicted octanol–water partition coefficient (Wildman–Crippen LogP) is 2.70. The fourth-order valence-corrected chi connectivity index (χ4v) is 4.16. The number of hydrogen-bond acceptors (Lipinski definition) is 8. The lowest BCUT2D eigenvalue weighted by atomic mass is 10.0. The van der Waals surface area contributed by atoms with Crippen LogP contribution in [-0.4, -0.2) is 45.3 Å². The van der Waals surface area contributed by atoms with E-state index in [1.165, 1.54) is 22.0 Å². The van der Waals surface area contributed by atoms with Crippen molar-refractivity contribution in [3.63, 3.8) is 0 Å². The van der Waals surface area contributed by atoms with E-state index < -0.39 is 12.0 Å². The Hall–Kier alpha value is -3.21. The summed E-state index contributed by atoms with van der Waals surface area (Å²) in [5.74, 6) is 7.57. The Morgan fingerprint density at radius 1 is 1.24 bits per heavy atom. The van der Waals surface area contributed by atoms with Crippen LogP contribution >= 0.6 is 11.8 Å². The molecule has 1 aliphatic heterocycles. The van der Waals surface area contributed by atoms with E-state index in [0.717, 1.165) is 0 Å². The van der Waals surface area contributed by atoms with Gasteiger partial charge in [0.1, 0.15) is 12.4 Å². The van der Waals surface area contributed by atoms with E-state index in [-0.39, 0.29) is 25.0 Å². The van der Waals surface area contributed by atoms with Crippen molar-refractivity contribution in [2.45, 2.75) is 57.8 Å². The molecule has 1 aromatic carbocycles. The summed E-state index contributed by atoms with van der Waals surface area (Å²) in [6, 6.07) is 7.10. The quantitative estimate of drug-likeness (QED) is 0.272. The summed E-state index contributed by atoms with van der Waals surface area (Å²) in [5.41, 5.74) is 2.11. The molecule has 3 rings (SSSR count). The van der Waals surface area contributed by atoms with Crippen molar-refractivity contribution in [1.82, 2.24) is 25.5 Å². The van der Waals surface area contributed by atoms with E-state index in [9.17, 15) is 9.59 Å². The zero-order valence-electron chi connectivity index (χ0n) is 19.3. The van der Waals surface area contributed by atoms with E-state index in [1.807, 2.05) is 31.2 Å². The van der Waals surface area contributed by atoms with E-state index >= 15 is 0 Å². The van der Waals surface area contributed by atoms with E-state index in [1.54, 1.807) is 6.92 Å². The van der Waals surface area contributed by atoms with Crippen LogP contribution < -0.4 is 21.2 Å². The molecule has 1 aliphatic rings. The van der Waals surface area contributed by atoms with Gasteiger partial charge in [0.25, 0.3) is 0 Å². The molecule has 2 heterocycles. The van der Waals surface area contributed by atoms with Gasteiger partial charge in [0.15, 0.2) is 5.82 Å². The maximum atomic E-state index is 12.5. The number of nitrogen functional groups attached to an aromatic ring is 1. The number of ether oxygens (including phenoxy) is 2. The summed E-state index contributed by atoms with van der Waals surface area (Å²) < 4.78 is 12.3. The number of urea groups is 1. The van der Waals surface area contributed by atoms with Crippen molar-refractivity contribution in [2.24, 2.45) is 0 Å². The zero-order chi connectivity index (χ0) is 24.0. The van der Waals surface area contributed by atoms with Crippen molar-refractivity contribution in [1.29, 1.82) is 0 Å². The third-order valence-electron chi connectivity index (χ3n) is 5.14. The van der Waals surface area contributed by atoms with Gasteiger partial charge in [-0.15, -0.1) is 10.2 Å². The highest BCUT2D eigenvalue weighted by atomic mass is 32.2. The number of thioether (sulfide) groups is 1. The molecule has 0 saturated heterocycles. The van der Waals surface area contributed by atoms with Crippen LogP contribution in [0.3, 0.4) is 0 Å². The number of amides is 2. The Balaban J connectivity index is 1.68. The fourth-order valence-electron chi connectivity index (χ4n) is 3.31. The highest BCUT2D eigenvalue weighted by molar-refractivity contribution is 7.99. The number of esters is 1. The molecule has 1 unspecified atom stereocenters. The summed E-state index contributed by atoms with van der Waals surface area (Å²) in [6.07, 6.45) is 0.558. The van der Waals surface area contributed by atoms with E-state index in [2.05, 4.69) is 34.7 Å². The minimum atomic E-state index is -0.459. The Morgan fingerprint density at radius 3 is 2.61 bits per heavy atom. The Labute approximate surface area is 197 Å². The first-order chi connectivity index (χ1) is 15.8. The molecule has 0 radical (unpaired) electrons. The first-order valence-electron chi connectivity index (χ1n) is 10.9. The van der Waals surface area contributed by atoms with Crippen LogP contribution in [0, 0.1) is 0 Å². The molecule has 0 fully saturated rings. The SMILES string of the molecule is CCOC(=O)C1=C(CSc2nnc(COc3ccc(C(C)C)cc3)n2N)NC(=O)NC1CC. The topological polar surface area (TPSA) is 133 Å². The second kappa shape index (κ2) is 11.1. The van der Waals surface area contributed by atoms with E-state index in [0.29, 0.717) is 40.3 Å². The van der Waals surface area contributed by atoms with Crippen LogP contribution in [0.5, 0.6) is 5.75 Å². The minimum Gasteiger partial charge on any atom is -0.486 e. The molecular weight excluding hydrogens is 444 g/mol. The van der Waals surface area contributed by atoms with Gasteiger partial charge in [0.05, 0.1) is 18.2 Å². The molecule has 10 nitrogen and oxygen atoms in total. The lowest BCUT2D eigenvalue weighted by Gasteiger charge is -2.28. The van der Waals surface area contributed by atoms with Gasteiger partial charge in [-0.2, -0.15) is 0 Å². The van der Waals surface area contributed by atoms with Crippen molar-refractivity contribution in [3.8, 4) is 5.75 Å². The van der Waals surface area contributed by atoms with Crippen molar-refractivity contribution >= 4 is 23.8 Å². The Kier molecular flexibility index (Phi) is 8.21. The molecule has 1 aromatic heterocycles. The van der Waals surface area contributed by atoms with Gasteiger partial charge < -0.3 is 25.9 Å². The monoisotopic (exact) mass is 474 g/mol. The first-order valence-corrected chi connectivity index (χ1v) is 11.8. The third kappa shape index (κ3) is 5.98. The highest BCUT2D eigenvalue weighted by Gasteiger charge is 2.31. The van der Waals surface area contributed by atoms with Crippen molar-refractivity contribution in [2.75, 3.05) is 18.2 Å². The van der Waals surface area contributed by atoms with E-state index in [4.69, 9.17) is 15.3 Å². The Bertz CT molecular complexity index is 1020. The fraction of sp³-hybridized carbons (Fsp3) is 0.455. The van der Waals surface area contributed by atoms with Crippen LogP contribution in [0.15, 0.2) is 40.7 Å². The number of benzene rings is 1. The normalized spacial score (nSPS) is 15.9. The standard InChI is InChI=1S/C22H30N6O4S/c1-5-16-19(20(29)31-6-2)17(25-21(30)24-16)12-33-22-27-26-18(28(22)23)11-32-15-9-7-14(8-10-15)13(3)4/h7-10,13,16H,5-6,11-12,23H2,1-4H3,(H2,24,25,30). The molecule has 11 heteroatoms. The molecule has 0 bridgehead atoms. The molecular formula is C22H30N6O4S. The van der Waals surface area contributed by atoms with Gasteiger partial charge in [-0.1, -0.05) is 44.7 Å². The second-order valence-corrected chi connectivity index (χ2v) is 8.68. The molecule has 0 spiro atoms.